The Morgan fingerprint density at radius 1 is 1.27 bits per heavy atom. The maximum atomic E-state index is 12.4. The molecule has 1 aromatic heterocycles. The fraction of sp³-hybridized carbons (Fsp3) is 0.737. The van der Waals surface area contributed by atoms with Gasteiger partial charge >= 0.3 is 0 Å². The molecule has 3 rings (SSSR count). The van der Waals surface area contributed by atoms with Crippen molar-refractivity contribution < 1.29 is 4.79 Å². The van der Waals surface area contributed by atoms with Gasteiger partial charge in [0.25, 0.3) is 5.56 Å². The predicted octanol–water partition coefficient (Wildman–Crippen LogP) is 1.08. The number of carbonyl (C=O) groups is 1. The molecular formula is C19H31N5O2. The minimum Gasteiger partial charge on any atom is -0.370 e. The van der Waals surface area contributed by atoms with Crippen LogP contribution in [0.15, 0.2) is 17.1 Å². The van der Waals surface area contributed by atoms with Gasteiger partial charge in [-0.15, -0.1) is 0 Å². The topological polar surface area (TPSA) is 70.5 Å². The normalized spacial score (nSPS) is 22.4. The number of carbonyl (C=O) groups excluding carboxylic acids is 1. The Kier molecular flexibility index (Phi) is 6.29. The molecular weight excluding hydrogens is 330 g/mol. The Morgan fingerprint density at radius 3 is 2.73 bits per heavy atom. The Hall–Kier alpha value is -1.89. The van der Waals surface area contributed by atoms with Crippen molar-refractivity contribution in [3.8, 4) is 0 Å². The number of aryl methyl sites for hydroxylation is 1. The van der Waals surface area contributed by atoms with Gasteiger partial charge in [0.05, 0.1) is 11.9 Å². The Morgan fingerprint density at radius 2 is 2.04 bits per heavy atom. The van der Waals surface area contributed by atoms with E-state index in [1.54, 1.807) is 12.3 Å². The second-order valence-corrected chi connectivity index (χ2v) is 7.67. The number of piperidine rings is 2. The summed E-state index contributed by atoms with van der Waals surface area (Å²) >= 11 is 0. The zero-order valence-corrected chi connectivity index (χ0v) is 16.0. The van der Waals surface area contributed by atoms with Gasteiger partial charge < -0.3 is 15.1 Å². The zero-order valence-electron chi connectivity index (χ0n) is 16.0. The molecule has 0 bridgehead atoms. The molecule has 7 heteroatoms. The van der Waals surface area contributed by atoms with Gasteiger partial charge in [-0.1, -0.05) is 0 Å². The highest BCUT2D eigenvalue weighted by atomic mass is 16.1. The van der Waals surface area contributed by atoms with Crippen molar-refractivity contribution in [1.82, 2.24) is 20.0 Å². The van der Waals surface area contributed by atoms with Crippen molar-refractivity contribution in [3.05, 3.63) is 22.6 Å². The lowest BCUT2D eigenvalue weighted by Gasteiger charge is -2.34. The number of amides is 1. The van der Waals surface area contributed by atoms with Crippen LogP contribution in [-0.4, -0.2) is 59.9 Å². The first kappa shape index (κ1) is 18.9. The monoisotopic (exact) mass is 361 g/mol. The van der Waals surface area contributed by atoms with Crippen LogP contribution in [-0.2, 0) is 11.3 Å². The Labute approximate surface area is 155 Å². The molecule has 26 heavy (non-hydrogen) atoms. The first-order valence-electron chi connectivity index (χ1n) is 9.85. The third kappa shape index (κ3) is 4.84. The second kappa shape index (κ2) is 8.66. The van der Waals surface area contributed by atoms with Crippen molar-refractivity contribution in [3.63, 3.8) is 0 Å². The average Bonchev–Trinajstić information content (AvgIpc) is 2.64. The van der Waals surface area contributed by atoms with E-state index >= 15 is 0 Å². The van der Waals surface area contributed by atoms with E-state index in [4.69, 9.17) is 0 Å². The Bertz CT molecular complexity index is 666. The van der Waals surface area contributed by atoms with Crippen LogP contribution in [0.1, 0.15) is 39.0 Å². The minimum absolute atomic E-state index is 0.0628. The van der Waals surface area contributed by atoms with Gasteiger partial charge in [-0.25, -0.2) is 4.68 Å². The van der Waals surface area contributed by atoms with Crippen LogP contribution < -0.4 is 15.8 Å². The van der Waals surface area contributed by atoms with Crippen molar-refractivity contribution in [2.75, 3.05) is 38.1 Å². The van der Waals surface area contributed by atoms with Crippen LogP contribution in [0.2, 0.25) is 0 Å². The number of nitrogens with one attached hydrogen (secondary N) is 1. The lowest BCUT2D eigenvalue weighted by molar-refractivity contribution is -0.123. The van der Waals surface area contributed by atoms with Crippen molar-refractivity contribution >= 4 is 11.6 Å². The summed E-state index contributed by atoms with van der Waals surface area (Å²) in [6, 6.07) is 1.99. The number of anilines is 1. The highest BCUT2D eigenvalue weighted by Crippen LogP contribution is 2.24. The lowest BCUT2D eigenvalue weighted by atomic mass is 9.93. The molecule has 2 aliphatic heterocycles. The average molecular weight is 361 g/mol. The molecule has 2 aliphatic rings. The maximum absolute atomic E-state index is 12.4. The molecule has 0 saturated carbocycles. The van der Waals surface area contributed by atoms with E-state index in [0.29, 0.717) is 24.9 Å². The number of nitrogens with zero attached hydrogens (tertiary/aromatic N) is 4. The first-order valence-corrected chi connectivity index (χ1v) is 9.85. The molecule has 2 saturated heterocycles. The van der Waals surface area contributed by atoms with Crippen molar-refractivity contribution in [1.29, 1.82) is 0 Å². The summed E-state index contributed by atoms with van der Waals surface area (Å²) in [6.45, 7) is 6.34. The summed E-state index contributed by atoms with van der Waals surface area (Å²) in [5.41, 5.74) is 0.812. The van der Waals surface area contributed by atoms with Gasteiger partial charge in [-0.2, -0.15) is 5.10 Å². The van der Waals surface area contributed by atoms with Crippen molar-refractivity contribution in [2.45, 2.75) is 51.6 Å². The van der Waals surface area contributed by atoms with Gasteiger partial charge in [0, 0.05) is 38.2 Å². The quantitative estimate of drug-likeness (QED) is 0.850. The summed E-state index contributed by atoms with van der Waals surface area (Å²) in [7, 11) is 2.13. The number of aromatic nitrogens is 2. The molecule has 0 aliphatic carbocycles. The summed E-state index contributed by atoms with van der Waals surface area (Å²) in [5.74, 6) is 0.509. The molecule has 1 unspecified atom stereocenters. The van der Waals surface area contributed by atoms with E-state index in [0.717, 1.165) is 57.5 Å². The van der Waals surface area contributed by atoms with E-state index in [9.17, 15) is 9.59 Å². The van der Waals surface area contributed by atoms with Crippen LogP contribution in [0.5, 0.6) is 0 Å². The van der Waals surface area contributed by atoms with Gasteiger partial charge in [0.1, 0.15) is 0 Å². The predicted molar refractivity (Wildman–Crippen MR) is 102 cm³/mol. The van der Waals surface area contributed by atoms with Crippen LogP contribution >= 0.6 is 0 Å². The fourth-order valence-electron chi connectivity index (χ4n) is 4.00. The third-order valence-electron chi connectivity index (χ3n) is 5.60. The van der Waals surface area contributed by atoms with Crippen LogP contribution in [0.3, 0.4) is 0 Å². The van der Waals surface area contributed by atoms with Crippen molar-refractivity contribution in [2.24, 2.45) is 5.92 Å². The molecule has 0 spiro atoms. The summed E-state index contributed by atoms with van der Waals surface area (Å²) < 4.78 is 1.46. The summed E-state index contributed by atoms with van der Waals surface area (Å²) in [5, 5.41) is 7.44. The van der Waals surface area contributed by atoms with Crippen LogP contribution in [0.4, 0.5) is 5.69 Å². The van der Waals surface area contributed by atoms with Crippen LogP contribution in [0, 0.1) is 5.92 Å². The van der Waals surface area contributed by atoms with Gasteiger partial charge in [-0.05, 0) is 58.7 Å². The maximum Gasteiger partial charge on any atom is 0.268 e. The van der Waals surface area contributed by atoms with E-state index in [1.807, 2.05) is 6.92 Å². The van der Waals surface area contributed by atoms with E-state index in [-0.39, 0.29) is 11.5 Å². The summed E-state index contributed by atoms with van der Waals surface area (Å²) in [4.78, 5) is 29.0. The molecule has 1 amide bonds. The molecule has 0 radical (unpaired) electrons. The molecule has 1 N–H and O–H groups in total. The molecule has 0 aromatic carbocycles. The molecule has 7 nitrogen and oxygen atoms in total. The molecule has 2 fully saturated rings. The van der Waals surface area contributed by atoms with Gasteiger partial charge in [0.2, 0.25) is 5.91 Å². The molecule has 1 atom stereocenters. The van der Waals surface area contributed by atoms with Gasteiger partial charge in [0.15, 0.2) is 0 Å². The lowest BCUT2D eigenvalue weighted by Crippen LogP contribution is -2.45. The third-order valence-corrected chi connectivity index (χ3v) is 5.60. The van der Waals surface area contributed by atoms with E-state index in [2.05, 4.69) is 27.3 Å². The standard InChI is InChI=1S/C19H31N5O2/c1-3-24-19(26)12-17(13-20-24)23-8-4-5-15(14-23)11-18(25)21-16-6-9-22(2)10-7-16/h12-13,15-16H,3-11,14H2,1-2H3,(H,21,25). The first-order chi connectivity index (χ1) is 12.5. The molecule has 144 valence electrons. The largest absolute Gasteiger partial charge is 0.370 e. The smallest absolute Gasteiger partial charge is 0.268 e. The van der Waals surface area contributed by atoms with E-state index in [1.165, 1.54) is 4.68 Å². The highest BCUT2D eigenvalue weighted by Gasteiger charge is 2.25. The number of hydrogen-bond donors (Lipinski definition) is 1. The van der Waals surface area contributed by atoms with E-state index < -0.39 is 0 Å². The minimum atomic E-state index is -0.0628. The zero-order chi connectivity index (χ0) is 18.5. The number of rotatable bonds is 5. The Balaban J connectivity index is 1.52. The van der Waals surface area contributed by atoms with Crippen LogP contribution in [0.25, 0.3) is 0 Å². The summed E-state index contributed by atoms with van der Waals surface area (Å²) in [6.07, 6.45) is 6.53. The second-order valence-electron chi connectivity index (χ2n) is 7.67. The highest BCUT2D eigenvalue weighted by molar-refractivity contribution is 5.76. The molecule has 1 aromatic rings. The SMILES string of the molecule is CCn1ncc(N2CCCC(CC(=O)NC3CCN(C)CC3)C2)cc1=O. The number of hydrogen-bond acceptors (Lipinski definition) is 5. The molecule has 3 heterocycles. The number of likely N-dealkylation sites (tertiary alicyclic amines) is 1. The van der Waals surface area contributed by atoms with Gasteiger partial charge in [-0.3, -0.25) is 9.59 Å². The fourth-order valence-corrected chi connectivity index (χ4v) is 4.00.